The third kappa shape index (κ3) is 4.79. The molecule has 0 bridgehead atoms. The lowest BCUT2D eigenvalue weighted by Gasteiger charge is -2.26. The first-order valence-electron chi connectivity index (χ1n) is 11.0. The zero-order valence-electron chi connectivity index (χ0n) is 18.9. The Labute approximate surface area is 192 Å². The van der Waals surface area contributed by atoms with E-state index in [-0.39, 0.29) is 25.5 Å². The van der Waals surface area contributed by atoms with Crippen molar-refractivity contribution in [1.82, 2.24) is 10.2 Å². The van der Waals surface area contributed by atoms with Crippen LogP contribution in [-0.4, -0.2) is 59.0 Å². The van der Waals surface area contributed by atoms with Crippen molar-refractivity contribution in [3.05, 3.63) is 59.7 Å². The van der Waals surface area contributed by atoms with Gasteiger partial charge < -0.3 is 19.9 Å². The summed E-state index contributed by atoms with van der Waals surface area (Å²) in [6, 6.07) is 14.5. The van der Waals surface area contributed by atoms with E-state index in [9.17, 15) is 19.5 Å². The van der Waals surface area contributed by atoms with Gasteiger partial charge in [-0.1, -0.05) is 48.5 Å². The van der Waals surface area contributed by atoms with Crippen molar-refractivity contribution in [2.75, 3.05) is 13.2 Å². The van der Waals surface area contributed by atoms with Crippen molar-refractivity contribution in [2.24, 2.45) is 0 Å². The molecule has 8 nitrogen and oxygen atoms in total. The number of ether oxygens (including phenoxy) is 2. The number of carbonyl (C=O) groups is 3. The van der Waals surface area contributed by atoms with E-state index in [1.54, 1.807) is 20.8 Å². The molecule has 0 aromatic heterocycles. The Morgan fingerprint density at radius 1 is 1.03 bits per heavy atom. The Morgan fingerprint density at radius 3 is 2.15 bits per heavy atom. The molecular formula is C25H28N2O6. The van der Waals surface area contributed by atoms with Gasteiger partial charge in [-0.05, 0) is 43.0 Å². The third-order valence-electron chi connectivity index (χ3n) is 5.88. The van der Waals surface area contributed by atoms with Crippen LogP contribution in [0.25, 0.3) is 11.1 Å². The third-order valence-corrected chi connectivity index (χ3v) is 5.88. The molecule has 1 fully saturated rings. The van der Waals surface area contributed by atoms with Gasteiger partial charge in [-0.2, -0.15) is 0 Å². The molecule has 2 aliphatic rings. The Bertz CT molecular complexity index is 1030. The van der Waals surface area contributed by atoms with Gasteiger partial charge in [0.15, 0.2) is 0 Å². The molecule has 2 N–H and O–H groups in total. The number of hydrogen-bond donors (Lipinski definition) is 2. The monoisotopic (exact) mass is 452 g/mol. The summed E-state index contributed by atoms with van der Waals surface area (Å²) in [7, 11) is 0. The van der Waals surface area contributed by atoms with Crippen molar-refractivity contribution < 1.29 is 29.0 Å². The number of nitrogens with one attached hydrogen (secondary N) is 1. The van der Waals surface area contributed by atoms with Crippen LogP contribution in [-0.2, 0) is 14.3 Å². The summed E-state index contributed by atoms with van der Waals surface area (Å²) in [5.74, 6) is -1.21. The lowest BCUT2D eigenvalue weighted by atomic mass is 9.98. The molecule has 8 heteroatoms. The topological polar surface area (TPSA) is 105 Å². The van der Waals surface area contributed by atoms with Gasteiger partial charge in [0.1, 0.15) is 18.2 Å². The summed E-state index contributed by atoms with van der Waals surface area (Å²) >= 11 is 0. The molecule has 2 unspecified atom stereocenters. The van der Waals surface area contributed by atoms with Crippen LogP contribution in [0.2, 0.25) is 0 Å². The van der Waals surface area contributed by atoms with Crippen LogP contribution in [0.5, 0.6) is 0 Å². The number of likely N-dealkylation sites (tertiary alicyclic amines) is 1. The normalized spacial score (nSPS) is 19.5. The molecule has 2 atom stereocenters. The van der Waals surface area contributed by atoms with Crippen molar-refractivity contribution in [1.29, 1.82) is 0 Å². The van der Waals surface area contributed by atoms with Crippen molar-refractivity contribution >= 4 is 18.2 Å². The molecule has 2 amide bonds. The van der Waals surface area contributed by atoms with Crippen molar-refractivity contribution in [3.8, 4) is 11.1 Å². The largest absolute Gasteiger partial charge is 0.480 e. The van der Waals surface area contributed by atoms with Crippen LogP contribution in [0.1, 0.15) is 44.2 Å². The number of carboxylic acid groups (broad SMARTS) is 1. The number of rotatable bonds is 4. The highest BCUT2D eigenvalue weighted by Gasteiger charge is 2.42. The molecular weight excluding hydrogens is 424 g/mol. The Morgan fingerprint density at radius 2 is 1.61 bits per heavy atom. The molecule has 0 radical (unpaired) electrons. The number of alkyl carbamates (subject to hydrolysis) is 1. The number of aliphatic carboxylic acids is 1. The minimum Gasteiger partial charge on any atom is -0.480 e. The molecule has 174 valence electrons. The first kappa shape index (κ1) is 22.6. The average molecular weight is 453 g/mol. The highest BCUT2D eigenvalue weighted by atomic mass is 16.6. The summed E-state index contributed by atoms with van der Waals surface area (Å²) in [6.45, 7) is 5.33. The molecule has 1 heterocycles. The van der Waals surface area contributed by atoms with E-state index in [2.05, 4.69) is 17.4 Å². The number of carboxylic acids is 1. The Balaban J connectivity index is 1.39. The van der Waals surface area contributed by atoms with E-state index in [0.29, 0.717) is 0 Å². The smallest absolute Gasteiger partial charge is 0.411 e. The zero-order chi connectivity index (χ0) is 23.8. The molecule has 1 aliphatic heterocycles. The number of hydrogen-bond acceptors (Lipinski definition) is 5. The minimum atomic E-state index is -1.14. The Hall–Kier alpha value is -3.55. The molecule has 2 aromatic carbocycles. The second-order valence-electron chi connectivity index (χ2n) is 9.39. The highest BCUT2D eigenvalue weighted by Crippen LogP contribution is 2.44. The second kappa shape index (κ2) is 8.77. The fraction of sp³-hybridized carbons (Fsp3) is 0.400. The van der Waals surface area contributed by atoms with E-state index in [1.165, 1.54) is 0 Å². The number of amides is 2. The van der Waals surface area contributed by atoms with Gasteiger partial charge in [0.05, 0.1) is 6.04 Å². The van der Waals surface area contributed by atoms with Crippen molar-refractivity contribution in [3.63, 3.8) is 0 Å². The van der Waals surface area contributed by atoms with Crippen LogP contribution in [0.3, 0.4) is 0 Å². The maximum absolute atomic E-state index is 12.5. The summed E-state index contributed by atoms with van der Waals surface area (Å²) < 4.78 is 10.9. The first-order valence-corrected chi connectivity index (χ1v) is 11.0. The fourth-order valence-electron chi connectivity index (χ4n) is 4.50. The van der Waals surface area contributed by atoms with Gasteiger partial charge >= 0.3 is 18.2 Å². The number of nitrogens with zero attached hydrogens (tertiary/aromatic N) is 1. The van der Waals surface area contributed by atoms with Gasteiger partial charge in [0.25, 0.3) is 0 Å². The molecule has 0 saturated carbocycles. The van der Waals surface area contributed by atoms with Gasteiger partial charge in [-0.3, -0.25) is 4.90 Å². The SMILES string of the molecule is CC(C)(C)OC(=O)N1CC(NC(=O)OCC2c3ccccc3-c3ccccc32)CC1C(=O)O. The van der Waals surface area contributed by atoms with E-state index < -0.39 is 35.8 Å². The van der Waals surface area contributed by atoms with E-state index in [4.69, 9.17) is 9.47 Å². The van der Waals surface area contributed by atoms with E-state index >= 15 is 0 Å². The van der Waals surface area contributed by atoms with Crippen LogP contribution >= 0.6 is 0 Å². The number of benzene rings is 2. The fourth-order valence-corrected chi connectivity index (χ4v) is 4.50. The molecule has 4 rings (SSSR count). The van der Waals surface area contributed by atoms with Gasteiger partial charge in [-0.25, -0.2) is 14.4 Å². The highest BCUT2D eigenvalue weighted by molar-refractivity contribution is 5.82. The van der Waals surface area contributed by atoms with Crippen LogP contribution in [0.15, 0.2) is 48.5 Å². The quantitative estimate of drug-likeness (QED) is 0.727. The molecule has 33 heavy (non-hydrogen) atoms. The van der Waals surface area contributed by atoms with Crippen LogP contribution in [0.4, 0.5) is 9.59 Å². The maximum atomic E-state index is 12.5. The van der Waals surface area contributed by atoms with Crippen molar-refractivity contribution in [2.45, 2.75) is 50.8 Å². The molecule has 2 aromatic rings. The van der Waals surface area contributed by atoms with E-state index in [1.807, 2.05) is 36.4 Å². The van der Waals surface area contributed by atoms with Gasteiger partial charge in [0.2, 0.25) is 0 Å². The minimum absolute atomic E-state index is 0.0378. The maximum Gasteiger partial charge on any atom is 0.411 e. The zero-order valence-corrected chi connectivity index (χ0v) is 18.9. The summed E-state index contributed by atoms with van der Waals surface area (Å²) in [4.78, 5) is 37.8. The van der Waals surface area contributed by atoms with Crippen LogP contribution in [0, 0.1) is 0 Å². The summed E-state index contributed by atoms with van der Waals surface area (Å²) in [5, 5.41) is 12.2. The second-order valence-corrected chi connectivity index (χ2v) is 9.39. The number of fused-ring (bicyclic) bond motifs is 3. The number of carbonyl (C=O) groups excluding carboxylic acids is 2. The summed E-state index contributed by atoms with van der Waals surface area (Å²) in [6.07, 6.45) is -1.28. The van der Waals surface area contributed by atoms with Crippen LogP contribution < -0.4 is 5.32 Å². The molecule has 1 saturated heterocycles. The lowest BCUT2D eigenvalue weighted by molar-refractivity contribution is -0.142. The Kier molecular flexibility index (Phi) is 6.01. The lowest BCUT2D eigenvalue weighted by Crippen LogP contribution is -2.44. The predicted octanol–water partition coefficient (Wildman–Crippen LogP) is 3.99. The standard InChI is InChI=1S/C25H28N2O6/c1-25(2,3)33-24(31)27-13-15(12-21(27)22(28)29)26-23(30)32-14-20-18-10-6-4-8-16(18)17-9-5-7-11-19(17)20/h4-11,15,20-21H,12-14H2,1-3H3,(H,26,30)(H,28,29). The van der Waals surface area contributed by atoms with Gasteiger partial charge in [-0.15, -0.1) is 0 Å². The molecule has 0 spiro atoms. The predicted molar refractivity (Wildman–Crippen MR) is 121 cm³/mol. The average Bonchev–Trinajstić information content (AvgIpc) is 3.31. The van der Waals surface area contributed by atoms with E-state index in [0.717, 1.165) is 27.2 Å². The first-order chi connectivity index (χ1) is 15.6. The summed E-state index contributed by atoms with van der Waals surface area (Å²) in [5.41, 5.74) is 3.73. The van der Waals surface area contributed by atoms with Gasteiger partial charge in [0, 0.05) is 18.9 Å². The molecule has 1 aliphatic carbocycles.